The fourth-order valence-electron chi connectivity index (χ4n) is 2.37. The molecule has 0 atom stereocenters. The van der Waals surface area contributed by atoms with Gasteiger partial charge < -0.3 is 5.32 Å². The minimum Gasteiger partial charge on any atom is -0.339 e. The van der Waals surface area contributed by atoms with Crippen LogP contribution in [0.4, 0.5) is 14.5 Å². The van der Waals surface area contributed by atoms with Crippen molar-refractivity contribution in [3.05, 3.63) is 90.5 Å². The van der Waals surface area contributed by atoms with Crippen LogP contribution in [-0.2, 0) is 10.0 Å². The summed E-state index contributed by atoms with van der Waals surface area (Å²) in [6, 6.07) is 23.0. The molecule has 0 aliphatic carbocycles. The number of anilines is 1. The van der Waals surface area contributed by atoms with Crippen LogP contribution in [0.2, 0.25) is 0 Å². The Labute approximate surface area is 166 Å². The molecule has 0 aromatic heterocycles. The van der Waals surface area contributed by atoms with Crippen LogP contribution >= 0.6 is 11.8 Å². The van der Waals surface area contributed by atoms with Crippen LogP contribution in [0.1, 0.15) is 5.56 Å². The number of nitrogens with zero attached hydrogens (tertiary/aromatic N) is 1. The fourth-order valence-corrected chi connectivity index (χ4v) is 3.86. The number of alkyl halides is 2. The lowest BCUT2D eigenvalue weighted by Crippen LogP contribution is -2.16. The van der Waals surface area contributed by atoms with E-state index >= 15 is 0 Å². The maximum Gasteiger partial charge on any atom is 0.288 e. The van der Waals surface area contributed by atoms with E-state index in [1.165, 1.54) is 24.3 Å². The average Bonchev–Trinajstić information content (AvgIpc) is 2.70. The number of hydrogen-bond donors (Lipinski definition) is 1. The van der Waals surface area contributed by atoms with E-state index in [9.17, 15) is 17.2 Å². The number of nitrogens with one attached hydrogen (secondary N) is 1. The molecule has 0 aliphatic heterocycles. The average molecular weight is 418 g/mol. The molecule has 0 unspecified atom stereocenters. The normalized spacial score (nSPS) is 12.2. The first-order chi connectivity index (χ1) is 13.4. The van der Waals surface area contributed by atoms with Crippen LogP contribution < -0.4 is 5.32 Å². The van der Waals surface area contributed by atoms with E-state index in [4.69, 9.17) is 0 Å². The Balaban J connectivity index is 1.95. The zero-order valence-corrected chi connectivity index (χ0v) is 16.1. The summed E-state index contributed by atoms with van der Waals surface area (Å²) in [7, 11) is -3.93. The van der Waals surface area contributed by atoms with Crippen molar-refractivity contribution in [3.8, 4) is 0 Å². The van der Waals surface area contributed by atoms with Crippen LogP contribution in [0.25, 0.3) is 0 Å². The van der Waals surface area contributed by atoms with Gasteiger partial charge >= 0.3 is 0 Å². The molecule has 3 aromatic rings. The minimum atomic E-state index is -3.93. The zero-order chi connectivity index (χ0) is 20.0. The number of rotatable bonds is 6. The number of amidine groups is 1. The summed E-state index contributed by atoms with van der Waals surface area (Å²) in [6.45, 7) is 0. The second kappa shape index (κ2) is 8.99. The maximum atomic E-state index is 12.7. The van der Waals surface area contributed by atoms with Gasteiger partial charge in [0.05, 0.1) is 4.90 Å². The number of hydrogen-bond acceptors (Lipinski definition) is 3. The van der Waals surface area contributed by atoms with Gasteiger partial charge in [-0.05, 0) is 36.4 Å². The van der Waals surface area contributed by atoms with Crippen molar-refractivity contribution in [1.29, 1.82) is 0 Å². The molecule has 8 heteroatoms. The Bertz CT molecular complexity index is 1040. The molecule has 0 spiro atoms. The summed E-state index contributed by atoms with van der Waals surface area (Å²) in [4.78, 5) is 0.490. The molecule has 0 heterocycles. The molecule has 1 N–H and O–H groups in total. The standard InChI is InChI=1S/C20H16F2N2O2S2/c21-20(22)27-17-13-11-16(12-14-17)23-19(15-7-3-1-4-8-15)24-28(25,26)18-9-5-2-6-10-18/h1-14,20H,(H,23,24). The zero-order valence-electron chi connectivity index (χ0n) is 14.5. The van der Waals surface area contributed by atoms with Crippen LogP contribution in [0.5, 0.6) is 0 Å². The van der Waals surface area contributed by atoms with Crippen LogP contribution in [-0.4, -0.2) is 20.0 Å². The smallest absolute Gasteiger partial charge is 0.288 e. The van der Waals surface area contributed by atoms with Crippen molar-refractivity contribution in [2.24, 2.45) is 4.40 Å². The Morgan fingerprint density at radius 2 is 1.43 bits per heavy atom. The lowest BCUT2D eigenvalue weighted by atomic mass is 10.2. The van der Waals surface area contributed by atoms with Crippen molar-refractivity contribution in [1.82, 2.24) is 0 Å². The van der Waals surface area contributed by atoms with Crippen molar-refractivity contribution in [3.63, 3.8) is 0 Å². The quantitative estimate of drug-likeness (QED) is 0.337. The van der Waals surface area contributed by atoms with Crippen molar-refractivity contribution in [2.45, 2.75) is 15.5 Å². The maximum absolute atomic E-state index is 12.7. The summed E-state index contributed by atoms with van der Waals surface area (Å²) in [5, 5.41) is 2.98. The van der Waals surface area contributed by atoms with E-state index in [1.807, 2.05) is 6.07 Å². The van der Waals surface area contributed by atoms with Gasteiger partial charge in [0.1, 0.15) is 0 Å². The molecule has 4 nitrogen and oxygen atoms in total. The van der Waals surface area contributed by atoms with E-state index in [0.29, 0.717) is 27.9 Å². The van der Waals surface area contributed by atoms with Gasteiger partial charge in [0.2, 0.25) is 0 Å². The van der Waals surface area contributed by atoms with Gasteiger partial charge in [-0.2, -0.15) is 17.2 Å². The topological polar surface area (TPSA) is 58.5 Å². The number of halogens is 2. The monoisotopic (exact) mass is 418 g/mol. The van der Waals surface area contributed by atoms with Crippen molar-refractivity contribution >= 4 is 33.3 Å². The molecule has 0 fully saturated rings. The summed E-state index contributed by atoms with van der Waals surface area (Å²) in [5.74, 6) is -2.37. The molecule has 0 amide bonds. The largest absolute Gasteiger partial charge is 0.339 e. The first kappa shape index (κ1) is 20.0. The molecule has 3 rings (SSSR count). The highest BCUT2D eigenvalue weighted by Gasteiger charge is 2.15. The fraction of sp³-hybridized carbons (Fsp3) is 0.0500. The summed E-state index contributed by atoms with van der Waals surface area (Å²) >= 11 is 0.442. The molecule has 0 saturated heterocycles. The van der Waals surface area contributed by atoms with Gasteiger partial charge in [-0.1, -0.05) is 60.3 Å². The van der Waals surface area contributed by atoms with Crippen molar-refractivity contribution < 1.29 is 17.2 Å². The summed E-state index contributed by atoms with van der Waals surface area (Å²) < 4.78 is 54.2. The highest BCUT2D eigenvalue weighted by atomic mass is 32.2. The second-order valence-electron chi connectivity index (χ2n) is 5.62. The lowest BCUT2D eigenvalue weighted by Gasteiger charge is -2.11. The minimum absolute atomic E-state index is 0.0777. The molecular formula is C20H16F2N2O2S2. The van der Waals surface area contributed by atoms with E-state index in [0.717, 1.165) is 0 Å². The highest BCUT2D eigenvalue weighted by molar-refractivity contribution is 7.99. The number of benzene rings is 3. The predicted molar refractivity (Wildman–Crippen MR) is 109 cm³/mol. The van der Waals surface area contributed by atoms with Gasteiger partial charge in [0, 0.05) is 16.1 Å². The third-order valence-corrected chi connectivity index (χ3v) is 5.66. The second-order valence-corrected chi connectivity index (χ2v) is 8.29. The molecule has 0 bridgehead atoms. The molecule has 144 valence electrons. The summed E-state index contributed by atoms with van der Waals surface area (Å²) in [5.41, 5.74) is 1.11. The molecule has 0 saturated carbocycles. The van der Waals surface area contributed by atoms with E-state index in [1.54, 1.807) is 54.6 Å². The first-order valence-electron chi connectivity index (χ1n) is 8.21. The number of thioether (sulfide) groups is 1. The Hall–Kier alpha value is -2.71. The first-order valence-corrected chi connectivity index (χ1v) is 10.5. The van der Waals surface area contributed by atoms with Crippen LogP contribution in [0, 0.1) is 0 Å². The van der Waals surface area contributed by atoms with Gasteiger partial charge in [-0.3, -0.25) is 0 Å². The SMILES string of the molecule is O=S(=O)(/N=C(/Nc1ccc(SC(F)F)cc1)c1ccccc1)c1ccccc1. The van der Waals surface area contributed by atoms with Crippen LogP contribution in [0.3, 0.4) is 0 Å². The number of sulfonamides is 1. The molecular weight excluding hydrogens is 402 g/mol. The third-order valence-electron chi connectivity index (χ3n) is 3.64. The van der Waals surface area contributed by atoms with Gasteiger partial charge in [-0.15, -0.1) is 4.40 Å². The van der Waals surface area contributed by atoms with E-state index < -0.39 is 15.8 Å². The third kappa shape index (κ3) is 5.40. The molecule has 0 aliphatic rings. The highest BCUT2D eigenvalue weighted by Crippen LogP contribution is 2.26. The Morgan fingerprint density at radius 3 is 2.00 bits per heavy atom. The molecule has 0 radical (unpaired) electrons. The summed E-state index contributed by atoms with van der Waals surface area (Å²) in [6.07, 6.45) is 0. The molecule has 3 aromatic carbocycles. The van der Waals surface area contributed by atoms with E-state index in [-0.39, 0.29) is 10.7 Å². The Morgan fingerprint density at radius 1 is 0.857 bits per heavy atom. The van der Waals surface area contributed by atoms with Crippen LogP contribution in [0.15, 0.2) is 99.1 Å². The van der Waals surface area contributed by atoms with Gasteiger partial charge in [0.25, 0.3) is 15.8 Å². The predicted octanol–water partition coefficient (Wildman–Crippen LogP) is 5.25. The lowest BCUT2D eigenvalue weighted by molar-refractivity contribution is 0.252. The van der Waals surface area contributed by atoms with Gasteiger partial charge in [0.15, 0.2) is 5.84 Å². The van der Waals surface area contributed by atoms with Gasteiger partial charge in [-0.25, -0.2) is 0 Å². The Kier molecular flexibility index (Phi) is 6.43. The molecule has 28 heavy (non-hydrogen) atoms. The van der Waals surface area contributed by atoms with E-state index in [2.05, 4.69) is 9.71 Å². The van der Waals surface area contributed by atoms with Crippen molar-refractivity contribution in [2.75, 3.05) is 5.32 Å².